The van der Waals surface area contributed by atoms with Crippen LogP contribution in [-0.4, -0.2) is 37.1 Å². The van der Waals surface area contributed by atoms with Crippen LogP contribution in [0.5, 0.6) is 17.2 Å². The van der Waals surface area contributed by atoms with E-state index in [4.69, 9.17) is 31.5 Å². The number of halogens is 1. The maximum Gasteiger partial charge on any atom is 0.341 e. The van der Waals surface area contributed by atoms with Crippen molar-refractivity contribution < 1.29 is 23.8 Å². The highest BCUT2D eigenvalue weighted by atomic mass is 35.5. The third-order valence-corrected chi connectivity index (χ3v) is 5.35. The normalized spacial score (nSPS) is 13.0. The van der Waals surface area contributed by atoms with Gasteiger partial charge in [-0.2, -0.15) is 0 Å². The summed E-state index contributed by atoms with van der Waals surface area (Å²) in [6.07, 6.45) is 3.49. The van der Waals surface area contributed by atoms with Crippen LogP contribution in [0.2, 0.25) is 5.02 Å². The molecule has 1 saturated carbocycles. The van der Waals surface area contributed by atoms with Gasteiger partial charge in [0, 0.05) is 23.7 Å². The van der Waals surface area contributed by atoms with E-state index in [1.54, 1.807) is 36.5 Å². The van der Waals surface area contributed by atoms with Crippen molar-refractivity contribution in [3.8, 4) is 17.2 Å². The molecule has 0 saturated heterocycles. The number of benzene rings is 2. The Morgan fingerprint density at radius 2 is 1.87 bits per heavy atom. The van der Waals surface area contributed by atoms with Gasteiger partial charge in [-0.05, 0) is 37.1 Å². The number of hydrogen-bond donors (Lipinski definition) is 2. The largest absolute Gasteiger partial charge is 0.496 e. The fourth-order valence-corrected chi connectivity index (χ4v) is 3.37. The Labute approximate surface area is 183 Å². The molecular weight excluding hydrogens is 422 g/mol. The van der Waals surface area contributed by atoms with Crippen LogP contribution in [-0.2, 0) is 4.74 Å². The number of aromatic nitrogens is 1. The van der Waals surface area contributed by atoms with Gasteiger partial charge in [0.25, 0.3) is 5.91 Å². The van der Waals surface area contributed by atoms with E-state index in [1.165, 1.54) is 14.2 Å². The topological polar surface area (TPSA) is 113 Å². The summed E-state index contributed by atoms with van der Waals surface area (Å²) in [7, 11) is 2.74. The van der Waals surface area contributed by atoms with Gasteiger partial charge in [-0.15, -0.1) is 0 Å². The van der Waals surface area contributed by atoms with E-state index in [1.807, 2.05) is 0 Å². The second kappa shape index (κ2) is 8.31. The molecule has 1 fully saturated rings. The van der Waals surface area contributed by atoms with Crippen molar-refractivity contribution in [1.29, 1.82) is 0 Å². The molecule has 0 unspecified atom stereocenters. The van der Waals surface area contributed by atoms with Gasteiger partial charge in [0.2, 0.25) is 0 Å². The summed E-state index contributed by atoms with van der Waals surface area (Å²) in [5, 5.41) is 3.55. The minimum atomic E-state index is -0.554. The first-order chi connectivity index (χ1) is 14.9. The van der Waals surface area contributed by atoms with E-state index in [0.29, 0.717) is 22.4 Å². The molecule has 1 aliphatic carbocycles. The number of methoxy groups -OCH3 is 2. The average molecular weight is 442 g/mol. The van der Waals surface area contributed by atoms with Crippen molar-refractivity contribution in [3.05, 3.63) is 52.7 Å². The maximum absolute atomic E-state index is 12.3. The smallest absolute Gasteiger partial charge is 0.341 e. The molecule has 0 bridgehead atoms. The monoisotopic (exact) mass is 441 g/mol. The predicted molar refractivity (Wildman–Crippen MR) is 116 cm³/mol. The maximum atomic E-state index is 12.3. The number of esters is 1. The summed E-state index contributed by atoms with van der Waals surface area (Å²) >= 11 is 6.35. The Hall–Kier alpha value is -3.52. The Kier molecular flexibility index (Phi) is 5.56. The molecule has 2 aromatic carbocycles. The number of carbonyl (C=O) groups excluding carboxylic acids is 2. The van der Waals surface area contributed by atoms with Crippen molar-refractivity contribution in [2.45, 2.75) is 18.9 Å². The molecule has 3 aromatic rings. The zero-order valence-corrected chi connectivity index (χ0v) is 17.7. The van der Waals surface area contributed by atoms with Gasteiger partial charge in [-0.25, -0.2) is 4.79 Å². The number of nitrogens with two attached hydrogens (primary N) is 1. The van der Waals surface area contributed by atoms with E-state index in [9.17, 15) is 9.59 Å². The molecule has 1 aliphatic rings. The first kappa shape index (κ1) is 20.7. The SMILES string of the molecule is COC(=O)c1cc2c(Oc3ccc(C(=O)NC4CC4)c(Cl)c3N)ccnc2cc1OC. The molecule has 0 radical (unpaired) electrons. The van der Waals surface area contributed by atoms with E-state index in [-0.39, 0.29) is 39.5 Å². The van der Waals surface area contributed by atoms with E-state index < -0.39 is 5.97 Å². The standard InChI is InChI=1S/C22H20ClN3O5/c1-29-18-10-15-13(9-14(18)22(28)30-2)16(7-8-25-15)31-17-6-5-12(19(23)20(17)24)21(27)26-11-3-4-11/h5-11H,3-4,24H2,1-2H3,(H,26,27). The first-order valence-corrected chi connectivity index (χ1v) is 9.92. The lowest BCUT2D eigenvalue weighted by Crippen LogP contribution is -2.25. The second-order valence-electron chi connectivity index (χ2n) is 7.06. The Bertz CT molecular complexity index is 1190. The summed E-state index contributed by atoms with van der Waals surface area (Å²) in [5.74, 6) is 0.182. The second-order valence-corrected chi connectivity index (χ2v) is 7.44. The van der Waals surface area contributed by atoms with E-state index in [2.05, 4.69) is 10.3 Å². The number of nitrogens with zero attached hydrogens (tertiary/aromatic N) is 1. The number of nitrogen functional groups attached to an aromatic ring is 1. The summed E-state index contributed by atoms with van der Waals surface area (Å²) in [6.45, 7) is 0. The van der Waals surface area contributed by atoms with Crippen LogP contribution < -0.4 is 20.5 Å². The van der Waals surface area contributed by atoms with Gasteiger partial charge in [0.15, 0.2) is 5.75 Å². The molecule has 4 rings (SSSR count). The lowest BCUT2D eigenvalue weighted by atomic mass is 10.1. The Morgan fingerprint density at radius 3 is 2.55 bits per heavy atom. The zero-order valence-electron chi connectivity index (χ0n) is 16.9. The number of pyridine rings is 1. The highest BCUT2D eigenvalue weighted by Gasteiger charge is 2.26. The minimum absolute atomic E-state index is 0.117. The number of hydrogen-bond acceptors (Lipinski definition) is 7. The lowest BCUT2D eigenvalue weighted by molar-refractivity contribution is 0.0597. The van der Waals surface area contributed by atoms with Crippen molar-refractivity contribution >= 4 is 40.1 Å². The number of nitrogens with one attached hydrogen (secondary N) is 1. The summed E-state index contributed by atoms with van der Waals surface area (Å²) < 4.78 is 16.1. The molecule has 3 N–H and O–H groups in total. The summed E-state index contributed by atoms with van der Waals surface area (Å²) in [4.78, 5) is 28.8. The molecule has 9 heteroatoms. The minimum Gasteiger partial charge on any atom is -0.496 e. The highest BCUT2D eigenvalue weighted by molar-refractivity contribution is 6.36. The van der Waals surface area contributed by atoms with Crippen molar-refractivity contribution in [2.75, 3.05) is 20.0 Å². The molecule has 0 spiro atoms. The van der Waals surface area contributed by atoms with Gasteiger partial charge in [0.05, 0.1) is 36.0 Å². The fourth-order valence-electron chi connectivity index (χ4n) is 3.12. The van der Waals surface area contributed by atoms with Crippen LogP contribution in [0.15, 0.2) is 36.5 Å². The van der Waals surface area contributed by atoms with Crippen molar-refractivity contribution in [1.82, 2.24) is 10.3 Å². The Balaban J connectivity index is 1.72. The number of anilines is 1. The van der Waals surface area contributed by atoms with E-state index >= 15 is 0 Å². The molecule has 0 atom stereocenters. The molecule has 8 nitrogen and oxygen atoms in total. The molecule has 1 aromatic heterocycles. The lowest BCUT2D eigenvalue weighted by Gasteiger charge is -2.15. The quantitative estimate of drug-likeness (QED) is 0.439. The number of ether oxygens (including phenoxy) is 3. The predicted octanol–water partition coefficient (Wildman–Crippen LogP) is 3.95. The average Bonchev–Trinajstić information content (AvgIpc) is 3.59. The van der Waals surface area contributed by atoms with Crippen LogP contribution >= 0.6 is 11.6 Å². The van der Waals surface area contributed by atoms with Gasteiger partial charge < -0.3 is 25.3 Å². The van der Waals surface area contributed by atoms with Crippen molar-refractivity contribution in [3.63, 3.8) is 0 Å². The van der Waals surface area contributed by atoms with Crippen molar-refractivity contribution in [2.24, 2.45) is 0 Å². The van der Waals surface area contributed by atoms with Crippen LogP contribution in [0.1, 0.15) is 33.6 Å². The first-order valence-electron chi connectivity index (χ1n) is 9.54. The number of carbonyl (C=O) groups is 2. The van der Waals surface area contributed by atoms with Gasteiger partial charge in [0.1, 0.15) is 17.1 Å². The highest BCUT2D eigenvalue weighted by Crippen LogP contribution is 2.39. The molecule has 1 amide bonds. The van der Waals surface area contributed by atoms with Gasteiger partial charge >= 0.3 is 5.97 Å². The summed E-state index contributed by atoms with van der Waals surface area (Å²) in [6, 6.07) is 8.19. The van der Waals surface area contributed by atoms with Crippen LogP contribution in [0, 0.1) is 0 Å². The zero-order chi connectivity index (χ0) is 22.1. The Morgan fingerprint density at radius 1 is 1.10 bits per heavy atom. The molecule has 1 heterocycles. The molecular formula is C22H20ClN3O5. The number of rotatable bonds is 6. The molecule has 31 heavy (non-hydrogen) atoms. The summed E-state index contributed by atoms with van der Waals surface area (Å²) in [5.41, 5.74) is 7.36. The van der Waals surface area contributed by atoms with Crippen LogP contribution in [0.25, 0.3) is 10.9 Å². The van der Waals surface area contributed by atoms with Gasteiger partial charge in [-0.3, -0.25) is 9.78 Å². The molecule has 160 valence electrons. The number of amides is 1. The number of fused-ring (bicyclic) bond motifs is 1. The van der Waals surface area contributed by atoms with Crippen LogP contribution in [0.4, 0.5) is 5.69 Å². The fraction of sp³-hybridized carbons (Fsp3) is 0.227. The van der Waals surface area contributed by atoms with Gasteiger partial charge in [-0.1, -0.05) is 11.6 Å². The van der Waals surface area contributed by atoms with Crippen LogP contribution in [0.3, 0.4) is 0 Å². The third-order valence-electron chi connectivity index (χ3n) is 4.94. The molecule has 0 aliphatic heterocycles. The third kappa shape index (κ3) is 4.06. The van der Waals surface area contributed by atoms with E-state index in [0.717, 1.165) is 12.8 Å².